The van der Waals surface area contributed by atoms with Gasteiger partial charge in [-0.15, -0.1) is 0 Å². The molecule has 1 aromatic rings. The maximum atomic E-state index is 12.6. The van der Waals surface area contributed by atoms with Gasteiger partial charge in [0.25, 0.3) is 0 Å². The first-order chi connectivity index (χ1) is 9.66. The van der Waals surface area contributed by atoms with E-state index in [0.29, 0.717) is 10.9 Å². The molecule has 0 fully saturated rings. The first-order valence-electron chi connectivity index (χ1n) is 7.46. The molecule has 1 aromatic carbocycles. The Morgan fingerprint density at radius 2 is 1.57 bits per heavy atom. The maximum Gasteiger partial charge on any atom is 0.243 e. The minimum atomic E-state index is -3.42. The molecular formula is C16H28N2O2S. The second-order valence-corrected chi connectivity index (χ2v) is 8.18. The average molecular weight is 312 g/mol. The number of benzene rings is 1. The minimum absolute atomic E-state index is 0.0303. The van der Waals surface area contributed by atoms with E-state index in [2.05, 4.69) is 19.2 Å². The smallest absolute Gasteiger partial charge is 0.243 e. The molecule has 5 heteroatoms. The second-order valence-electron chi connectivity index (χ2n) is 6.19. The number of hydrogen-bond acceptors (Lipinski definition) is 3. The Labute approximate surface area is 129 Å². The standard InChI is InChI=1S/C16H28N2O2S/c1-12(2)14(5)18(6)21(19,20)16-9-7-15(8-10-16)11-17-13(3)4/h7-10,12-14,17H,11H2,1-6H3. The lowest BCUT2D eigenvalue weighted by atomic mass is 10.1. The van der Waals surface area contributed by atoms with Gasteiger partial charge in [0.2, 0.25) is 10.0 Å². The molecule has 0 saturated carbocycles. The van der Waals surface area contributed by atoms with E-state index in [1.807, 2.05) is 32.9 Å². The van der Waals surface area contributed by atoms with Crippen LogP contribution in [0.4, 0.5) is 0 Å². The number of sulfonamides is 1. The van der Waals surface area contributed by atoms with Gasteiger partial charge in [0, 0.05) is 25.7 Å². The van der Waals surface area contributed by atoms with Crippen LogP contribution in [-0.2, 0) is 16.6 Å². The number of nitrogens with zero attached hydrogens (tertiary/aromatic N) is 1. The largest absolute Gasteiger partial charge is 0.310 e. The quantitative estimate of drug-likeness (QED) is 0.842. The number of rotatable bonds is 7. The topological polar surface area (TPSA) is 49.4 Å². The van der Waals surface area contributed by atoms with Crippen LogP contribution in [0.3, 0.4) is 0 Å². The van der Waals surface area contributed by atoms with Gasteiger partial charge in [-0.05, 0) is 30.5 Å². The summed E-state index contributed by atoms with van der Waals surface area (Å²) in [5, 5.41) is 3.32. The van der Waals surface area contributed by atoms with Crippen LogP contribution >= 0.6 is 0 Å². The molecule has 0 saturated heterocycles. The second kappa shape index (κ2) is 7.38. The van der Waals surface area contributed by atoms with Crippen molar-refractivity contribution in [1.82, 2.24) is 9.62 Å². The predicted octanol–water partition coefficient (Wildman–Crippen LogP) is 2.85. The lowest BCUT2D eigenvalue weighted by Crippen LogP contribution is -2.38. The van der Waals surface area contributed by atoms with Crippen LogP contribution in [0, 0.1) is 5.92 Å². The van der Waals surface area contributed by atoms with Crippen LogP contribution in [0.2, 0.25) is 0 Å². The van der Waals surface area contributed by atoms with Crippen molar-refractivity contribution in [2.45, 2.75) is 58.1 Å². The predicted molar refractivity (Wildman–Crippen MR) is 87.7 cm³/mol. The molecule has 1 rings (SSSR count). The summed E-state index contributed by atoms with van der Waals surface area (Å²) in [5.41, 5.74) is 1.09. The van der Waals surface area contributed by atoms with E-state index in [0.717, 1.165) is 12.1 Å². The monoisotopic (exact) mass is 312 g/mol. The SMILES string of the molecule is CC(C)NCc1ccc(S(=O)(=O)N(C)C(C)C(C)C)cc1. The van der Waals surface area contributed by atoms with Crippen LogP contribution in [0.25, 0.3) is 0 Å². The highest BCUT2D eigenvalue weighted by molar-refractivity contribution is 7.89. The molecule has 21 heavy (non-hydrogen) atoms. The average Bonchev–Trinajstić information content (AvgIpc) is 2.43. The summed E-state index contributed by atoms with van der Waals surface area (Å²) >= 11 is 0. The van der Waals surface area contributed by atoms with Gasteiger partial charge in [0.1, 0.15) is 0 Å². The molecule has 0 bridgehead atoms. The van der Waals surface area contributed by atoms with Crippen molar-refractivity contribution in [2.24, 2.45) is 5.92 Å². The fourth-order valence-electron chi connectivity index (χ4n) is 1.91. The third-order valence-corrected chi connectivity index (χ3v) is 5.81. The normalized spacial score (nSPS) is 14.1. The van der Waals surface area contributed by atoms with Crippen LogP contribution in [0.1, 0.15) is 40.2 Å². The first kappa shape index (κ1) is 18.1. The van der Waals surface area contributed by atoms with Gasteiger partial charge in [0.15, 0.2) is 0 Å². The Kier molecular flexibility index (Phi) is 6.38. The van der Waals surface area contributed by atoms with Gasteiger partial charge < -0.3 is 5.32 Å². The van der Waals surface area contributed by atoms with E-state index >= 15 is 0 Å². The van der Waals surface area contributed by atoms with E-state index < -0.39 is 10.0 Å². The summed E-state index contributed by atoms with van der Waals surface area (Å²) in [6.07, 6.45) is 0. The van der Waals surface area contributed by atoms with Crippen molar-refractivity contribution in [2.75, 3.05) is 7.05 Å². The summed E-state index contributed by atoms with van der Waals surface area (Å²) in [7, 11) is -1.77. The van der Waals surface area contributed by atoms with Crippen molar-refractivity contribution in [1.29, 1.82) is 0 Å². The van der Waals surface area contributed by atoms with Crippen LogP contribution in [0.15, 0.2) is 29.2 Å². The maximum absolute atomic E-state index is 12.6. The molecule has 0 aliphatic carbocycles. The summed E-state index contributed by atoms with van der Waals surface area (Å²) in [6.45, 7) is 10.9. The van der Waals surface area contributed by atoms with E-state index in [-0.39, 0.29) is 12.0 Å². The summed E-state index contributed by atoms with van der Waals surface area (Å²) in [4.78, 5) is 0.353. The van der Waals surface area contributed by atoms with Crippen LogP contribution in [0.5, 0.6) is 0 Å². The summed E-state index contributed by atoms with van der Waals surface area (Å²) in [5.74, 6) is 0.277. The molecule has 1 N–H and O–H groups in total. The van der Waals surface area contributed by atoms with Crippen molar-refractivity contribution in [3.05, 3.63) is 29.8 Å². The fourth-order valence-corrected chi connectivity index (χ4v) is 3.40. The first-order valence-corrected chi connectivity index (χ1v) is 8.90. The Hall–Kier alpha value is -0.910. The van der Waals surface area contributed by atoms with Gasteiger partial charge in [-0.3, -0.25) is 0 Å². The Morgan fingerprint density at radius 1 is 1.05 bits per heavy atom. The highest BCUT2D eigenvalue weighted by Crippen LogP contribution is 2.20. The number of hydrogen-bond donors (Lipinski definition) is 1. The number of nitrogens with one attached hydrogen (secondary N) is 1. The third kappa shape index (κ3) is 4.80. The minimum Gasteiger partial charge on any atom is -0.310 e. The zero-order chi connectivity index (χ0) is 16.2. The lowest BCUT2D eigenvalue weighted by Gasteiger charge is -2.27. The van der Waals surface area contributed by atoms with E-state index in [1.54, 1.807) is 19.2 Å². The van der Waals surface area contributed by atoms with Gasteiger partial charge in [-0.25, -0.2) is 8.42 Å². The summed E-state index contributed by atoms with van der Waals surface area (Å²) in [6, 6.07) is 7.50. The molecule has 0 spiro atoms. The Balaban J connectivity index is 2.89. The van der Waals surface area contributed by atoms with Gasteiger partial charge in [0.05, 0.1) is 4.90 Å². The van der Waals surface area contributed by atoms with Gasteiger partial charge in [-0.1, -0.05) is 39.8 Å². The van der Waals surface area contributed by atoms with Gasteiger partial charge in [-0.2, -0.15) is 4.31 Å². The third-order valence-electron chi connectivity index (χ3n) is 3.85. The van der Waals surface area contributed by atoms with Crippen molar-refractivity contribution >= 4 is 10.0 Å². The summed E-state index contributed by atoms with van der Waals surface area (Å²) < 4.78 is 26.6. The molecule has 120 valence electrons. The zero-order valence-corrected chi connectivity index (χ0v) is 14.7. The van der Waals surface area contributed by atoms with Crippen molar-refractivity contribution < 1.29 is 8.42 Å². The van der Waals surface area contributed by atoms with E-state index in [4.69, 9.17) is 0 Å². The molecule has 0 amide bonds. The van der Waals surface area contributed by atoms with E-state index in [9.17, 15) is 8.42 Å². The molecule has 0 radical (unpaired) electrons. The molecule has 4 nitrogen and oxygen atoms in total. The Bertz CT molecular complexity index is 536. The fraction of sp³-hybridized carbons (Fsp3) is 0.625. The zero-order valence-electron chi connectivity index (χ0n) is 13.9. The molecule has 1 unspecified atom stereocenters. The van der Waals surface area contributed by atoms with Crippen LogP contribution in [-0.4, -0.2) is 31.9 Å². The lowest BCUT2D eigenvalue weighted by molar-refractivity contribution is 0.316. The highest BCUT2D eigenvalue weighted by atomic mass is 32.2. The van der Waals surface area contributed by atoms with Crippen LogP contribution < -0.4 is 5.32 Å². The molecule has 0 aromatic heterocycles. The molecular weight excluding hydrogens is 284 g/mol. The van der Waals surface area contributed by atoms with Crippen molar-refractivity contribution in [3.63, 3.8) is 0 Å². The molecule has 0 aliphatic rings. The van der Waals surface area contributed by atoms with E-state index in [1.165, 1.54) is 4.31 Å². The molecule has 0 aliphatic heterocycles. The Morgan fingerprint density at radius 3 is 2.00 bits per heavy atom. The molecule has 1 atom stereocenters. The van der Waals surface area contributed by atoms with Crippen molar-refractivity contribution in [3.8, 4) is 0 Å². The highest BCUT2D eigenvalue weighted by Gasteiger charge is 2.26. The van der Waals surface area contributed by atoms with Gasteiger partial charge >= 0.3 is 0 Å². The molecule has 0 heterocycles.